The molecule has 158 valence electrons. The van der Waals surface area contributed by atoms with Gasteiger partial charge in [-0.05, 0) is 36.4 Å². The van der Waals surface area contributed by atoms with Gasteiger partial charge in [-0.2, -0.15) is 28.1 Å². The summed E-state index contributed by atoms with van der Waals surface area (Å²) in [6.45, 7) is 0.272. The lowest BCUT2D eigenvalue weighted by Gasteiger charge is -2.11. The molecule has 0 aliphatic carbocycles. The summed E-state index contributed by atoms with van der Waals surface area (Å²) in [4.78, 5) is 12.6. The molecule has 4 aromatic rings. The second-order valence-corrected chi connectivity index (χ2v) is 6.96. The zero-order valence-electron chi connectivity index (χ0n) is 15.8. The summed E-state index contributed by atoms with van der Waals surface area (Å²) in [7, 11) is 0. The molecule has 0 aliphatic heterocycles. The predicted molar refractivity (Wildman–Crippen MR) is 111 cm³/mol. The smallest absolute Gasteiger partial charge is 0.377 e. The fourth-order valence-electron chi connectivity index (χ4n) is 2.92. The average Bonchev–Trinajstić information content (AvgIpc) is 3.24. The van der Waals surface area contributed by atoms with E-state index in [9.17, 15) is 18.0 Å². The Labute approximate surface area is 179 Å². The number of nitrogens with one attached hydrogen (secondary N) is 1. The molecule has 0 spiro atoms. The first kappa shape index (κ1) is 20.7. The minimum absolute atomic E-state index is 0.0325. The van der Waals surface area contributed by atoms with Gasteiger partial charge in [0.05, 0.1) is 41.1 Å². The Morgan fingerprint density at radius 3 is 2.48 bits per heavy atom. The van der Waals surface area contributed by atoms with Crippen molar-refractivity contribution >= 4 is 17.3 Å². The van der Waals surface area contributed by atoms with E-state index in [2.05, 4.69) is 15.5 Å². The zero-order chi connectivity index (χ0) is 22.0. The number of para-hydroxylation sites is 1. The third kappa shape index (κ3) is 4.46. The van der Waals surface area contributed by atoms with Crippen molar-refractivity contribution in [3.8, 4) is 11.4 Å². The number of benzene rings is 2. The Bertz CT molecular complexity index is 1270. The number of hydrogen-bond donors (Lipinski definition) is 1. The first-order valence-corrected chi connectivity index (χ1v) is 9.50. The van der Waals surface area contributed by atoms with Crippen LogP contribution in [0.4, 0.5) is 18.9 Å². The molecule has 10 heteroatoms. The maximum absolute atomic E-state index is 12.9. The van der Waals surface area contributed by atoms with Gasteiger partial charge in [-0.3, -0.25) is 4.79 Å². The van der Waals surface area contributed by atoms with Gasteiger partial charge >= 0.3 is 6.18 Å². The van der Waals surface area contributed by atoms with Crippen molar-refractivity contribution in [1.29, 1.82) is 0 Å². The molecule has 0 saturated carbocycles. The van der Waals surface area contributed by atoms with E-state index in [0.29, 0.717) is 5.69 Å². The van der Waals surface area contributed by atoms with Gasteiger partial charge < -0.3 is 5.32 Å². The van der Waals surface area contributed by atoms with Gasteiger partial charge in [0, 0.05) is 6.20 Å². The Kier molecular flexibility index (Phi) is 5.51. The normalized spacial score (nSPS) is 11.5. The lowest BCUT2D eigenvalue weighted by atomic mass is 10.2. The standard InChI is InChI=1S/C21H15ClF3N5O/c22-19-18(26-12-15-9-10-29(28-15)16-6-2-1-3-7-16)13-27-30(20(19)31)17-8-4-5-14(11-17)21(23,24)25/h1-11,13,26H,12H2. The average molecular weight is 446 g/mol. The van der Waals surface area contributed by atoms with Gasteiger partial charge in [-0.1, -0.05) is 35.9 Å². The second kappa shape index (κ2) is 8.27. The van der Waals surface area contributed by atoms with Crippen molar-refractivity contribution < 1.29 is 13.2 Å². The molecule has 2 aromatic heterocycles. The lowest BCUT2D eigenvalue weighted by molar-refractivity contribution is -0.137. The minimum Gasteiger partial charge on any atom is -0.377 e. The molecule has 31 heavy (non-hydrogen) atoms. The molecule has 4 rings (SSSR count). The first-order chi connectivity index (χ1) is 14.8. The molecule has 0 radical (unpaired) electrons. The number of hydrogen-bond acceptors (Lipinski definition) is 4. The number of rotatable bonds is 5. The van der Waals surface area contributed by atoms with Crippen LogP contribution in [0.15, 0.2) is 77.9 Å². The summed E-state index contributed by atoms with van der Waals surface area (Å²) in [5.74, 6) is 0. The molecule has 2 aromatic carbocycles. The Morgan fingerprint density at radius 2 is 1.74 bits per heavy atom. The summed E-state index contributed by atoms with van der Waals surface area (Å²) >= 11 is 6.16. The maximum Gasteiger partial charge on any atom is 0.416 e. The lowest BCUT2D eigenvalue weighted by Crippen LogP contribution is -2.23. The highest BCUT2D eigenvalue weighted by molar-refractivity contribution is 6.32. The van der Waals surface area contributed by atoms with Crippen LogP contribution in [0.2, 0.25) is 5.02 Å². The number of aromatic nitrogens is 4. The summed E-state index contributed by atoms with van der Waals surface area (Å²) in [6.07, 6.45) is -1.44. The van der Waals surface area contributed by atoms with Crippen LogP contribution in [0.3, 0.4) is 0 Å². The highest BCUT2D eigenvalue weighted by Gasteiger charge is 2.30. The van der Waals surface area contributed by atoms with Crippen LogP contribution in [-0.2, 0) is 12.7 Å². The number of alkyl halides is 3. The molecule has 6 nitrogen and oxygen atoms in total. The van der Waals surface area contributed by atoms with Gasteiger partial charge in [0.15, 0.2) is 0 Å². The molecule has 2 heterocycles. The van der Waals surface area contributed by atoms with Gasteiger partial charge in [0.1, 0.15) is 5.02 Å². The van der Waals surface area contributed by atoms with Crippen LogP contribution in [0.1, 0.15) is 11.3 Å². The number of halogens is 4. The van der Waals surface area contributed by atoms with Gasteiger partial charge in [0.25, 0.3) is 5.56 Å². The SMILES string of the molecule is O=c1c(Cl)c(NCc2ccn(-c3ccccc3)n2)cnn1-c1cccc(C(F)(F)F)c1. The van der Waals surface area contributed by atoms with Gasteiger partial charge in [0.2, 0.25) is 0 Å². The summed E-state index contributed by atoms with van der Waals surface area (Å²) in [5, 5.41) is 11.2. The van der Waals surface area contributed by atoms with Crippen LogP contribution < -0.4 is 10.9 Å². The molecule has 0 saturated heterocycles. The van der Waals surface area contributed by atoms with E-state index < -0.39 is 17.3 Å². The molecule has 1 N–H and O–H groups in total. The third-order valence-corrected chi connectivity index (χ3v) is 4.83. The van der Waals surface area contributed by atoms with E-state index in [1.807, 2.05) is 36.4 Å². The second-order valence-electron chi connectivity index (χ2n) is 6.58. The number of nitrogens with zero attached hydrogens (tertiary/aromatic N) is 4. The Morgan fingerprint density at radius 1 is 1.00 bits per heavy atom. The highest BCUT2D eigenvalue weighted by atomic mass is 35.5. The van der Waals surface area contributed by atoms with Crippen LogP contribution in [0.25, 0.3) is 11.4 Å². The highest BCUT2D eigenvalue weighted by Crippen LogP contribution is 2.30. The molecule has 0 atom stereocenters. The van der Waals surface area contributed by atoms with Crippen molar-refractivity contribution in [2.75, 3.05) is 5.32 Å². The van der Waals surface area contributed by atoms with E-state index in [0.717, 1.165) is 22.5 Å². The van der Waals surface area contributed by atoms with Crippen molar-refractivity contribution in [2.45, 2.75) is 12.7 Å². The predicted octanol–water partition coefficient (Wildman–Crippen LogP) is 4.70. The topological polar surface area (TPSA) is 64.7 Å². The molecule has 0 bridgehead atoms. The third-order valence-electron chi connectivity index (χ3n) is 4.46. The van der Waals surface area contributed by atoms with Crippen LogP contribution in [0, 0.1) is 0 Å². The van der Waals surface area contributed by atoms with E-state index in [-0.39, 0.29) is 22.9 Å². The monoisotopic (exact) mass is 445 g/mol. The van der Waals surface area contributed by atoms with Gasteiger partial charge in [-0.25, -0.2) is 4.68 Å². The van der Waals surface area contributed by atoms with Crippen LogP contribution >= 0.6 is 11.6 Å². The largest absolute Gasteiger partial charge is 0.416 e. The van der Waals surface area contributed by atoms with Crippen molar-refractivity contribution in [1.82, 2.24) is 19.6 Å². The van der Waals surface area contributed by atoms with E-state index in [1.165, 1.54) is 18.3 Å². The Balaban J connectivity index is 1.54. The fraction of sp³-hybridized carbons (Fsp3) is 0.0952. The number of anilines is 1. The molecule has 0 aliphatic rings. The fourth-order valence-corrected chi connectivity index (χ4v) is 3.12. The van der Waals surface area contributed by atoms with Crippen molar-refractivity contribution in [3.63, 3.8) is 0 Å². The van der Waals surface area contributed by atoms with Crippen molar-refractivity contribution in [3.05, 3.63) is 99.7 Å². The maximum atomic E-state index is 12.9. The molecular weight excluding hydrogens is 431 g/mol. The summed E-state index contributed by atoms with van der Waals surface area (Å²) < 4.78 is 41.4. The van der Waals surface area contributed by atoms with Gasteiger partial charge in [-0.15, -0.1) is 0 Å². The minimum atomic E-state index is -4.53. The quantitative estimate of drug-likeness (QED) is 0.483. The zero-order valence-corrected chi connectivity index (χ0v) is 16.6. The molecule has 0 amide bonds. The van der Waals surface area contributed by atoms with E-state index >= 15 is 0 Å². The Hall–Kier alpha value is -3.59. The summed E-state index contributed by atoms with van der Waals surface area (Å²) in [6, 6.07) is 15.7. The van der Waals surface area contributed by atoms with E-state index in [1.54, 1.807) is 10.9 Å². The molecule has 0 unspecified atom stereocenters. The van der Waals surface area contributed by atoms with Crippen LogP contribution in [-0.4, -0.2) is 19.6 Å². The summed E-state index contributed by atoms with van der Waals surface area (Å²) in [5.41, 5.74) is 0.199. The van der Waals surface area contributed by atoms with Crippen molar-refractivity contribution in [2.24, 2.45) is 0 Å². The van der Waals surface area contributed by atoms with Crippen LogP contribution in [0.5, 0.6) is 0 Å². The molecule has 0 fully saturated rings. The molecular formula is C21H15ClF3N5O. The van der Waals surface area contributed by atoms with E-state index in [4.69, 9.17) is 11.6 Å². The first-order valence-electron chi connectivity index (χ1n) is 9.12.